The van der Waals surface area contributed by atoms with Gasteiger partial charge in [-0.2, -0.15) is 0 Å². The quantitative estimate of drug-likeness (QED) is 0.166. The molecule has 2 heterocycles. The van der Waals surface area contributed by atoms with E-state index in [9.17, 15) is 0 Å². The van der Waals surface area contributed by atoms with Crippen LogP contribution in [0, 0.1) is 0 Å². The third-order valence-electron chi connectivity index (χ3n) is 15.6. The van der Waals surface area contributed by atoms with Gasteiger partial charge in [-0.05, 0) is 152 Å². The van der Waals surface area contributed by atoms with E-state index in [0.717, 1.165) is 50.1 Å². The molecule has 0 aliphatic heterocycles. The lowest BCUT2D eigenvalue weighted by atomic mass is 9.81. The first kappa shape index (κ1) is 39.7. The molecule has 0 radical (unpaired) electrons. The Morgan fingerprint density at radius 2 is 0.783 bits per heavy atom. The Bertz CT molecular complexity index is 4020. The molecule has 0 atom stereocenters. The summed E-state index contributed by atoms with van der Waals surface area (Å²) >= 11 is 0. The molecule has 2 aromatic heterocycles. The second-order valence-electron chi connectivity index (χ2n) is 20.1. The molecule has 328 valence electrons. The van der Waals surface area contributed by atoms with Crippen molar-refractivity contribution >= 4 is 60.8 Å². The van der Waals surface area contributed by atoms with Gasteiger partial charge in [0.2, 0.25) is 0 Å². The maximum atomic E-state index is 6.20. The fourth-order valence-electron chi connectivity index (χ4n) is 12.0. The standard InChI is InChI=1S/C66H48N2O/c1-65(2)57-37-44(41-14-6-5-7-15-41)24-31-49(57)50-32-28-46(38-58(50)65)67(45-26-22-42(23-27-45)43-25-35-64-56(36-43)55-18-10-13-21-63(55)69-64)47-29-33-51-52-34-30-48(40-60(52)66(3,4)59(51)39-47)68-61-19-11-8-16-53(61)54-17-9-12-20-62(54)68/h5-40H,1-4H3. The van der Waals surface area contributed by atoms with Crippen molar-refractivity contribution in [1.29, 1.82) is 0 Å². The number of para-hydroxylation sites is 3. The van der Waals surface area contributed by atoms with Crippen molar-refractivity contribution < 1.29 is 4.42 Å². The first-order chi connectivity index (χ1) is 33.7. The number of benzene rings is 10. The molecule has 69 heavy (non-hydrogen) atoms. The zero-order chi connectivity index (χ0) is 46.2. The smallest absolute Gasteiger partial charge is 0.135 e. The van der Waals surface area contributed by atoms with E-state index in [1.807, 2.05) is 12.1 Å². The lowest BCUT2D eigenvalue weighted by Crippen LogP contribution is -2.18. The molecule has 3 nitrogen and oxygen atoms in total. The number of anilines is 3. The molecule has 0 saturated heterocycles. The van der Waals surface area contributed by atoms with E-state index >= 15 is 0 Å². The first-order valence-corrected chi connectivity index (χ1v) is 24.2. The molecule has 0 unspecified atom stereocenters. The number of rotatable bonds is 6. The van der Waals surface area contributed by atoms with Crippen LogP contribution in [-0.2, 0) is 10.8 Å². The monoisotopic (exact) mass is 884 g/mol. The summed E-state index contributed by atoms with van der Waals surface area (Å²) in [5, 5.41) is 4.82. The van der Waals surface area contributed by atoms with E-state index in [4.69, 9.17) is 4.42 Å². The Kier molecular flexibility index (Phi) is 8.38. The summed E-state index contributed by atoms with van der Waals surface area (Å²) < 4.78 is 8.63. The second-order valence-corrected chi connectivity index (χ2v) is 20.1. The lowest BCUT2D eigenvalue weighted by molar-refractivity contribution is 0.659. The minimum atomic E-state index is -0.251. The van der Waals surface area contributed by atoms with Crippen LogP contribution in [0.5, 0.6) is 0 Å². The number of aromatic nitrogens is 1. The minimum absolute atomic E-state index is 0.202. The van der Waals surface area contributed by atoms with Crippen LogP contribution in [0.1, 0.15) is 49.9 Å². The van der Waals surface area contributed by atoms with Gasteiger partial charge in [-0.25, -0.2) is 0 Å². The summed E-state index contributed by atoms with van der Waals surface area (Å²) in [6.07, 6.45) is 0. The molecule has 0 fully saturated rings. The van der Waals surface area contributed by atoms with Gasteiger partial charge in [0.15, 0.2) is 0 Å². The molecule has 0 spiro atoms. The van der Waals surface area contributed by atoms with Crippen LogP contribution in [0.4, 0.5) is 17.1 Å². The van der Waals surface area contributed by atoms with Gasteiger partial charge < -0.3 is 13.9 Å². The number of furan rings is 1. The highest BCUT2D eigenvalue weighted by molar-refractivity contribution is 6.09. The molecule has 2 aliphatic carbocycles. The number of hydrogen-bond acceptors (Lipinski definition) is 2. The van der Waals surface area contributed by atoms with Crippen molar-refractivity contribution in [2.75, 3.05) is 4.90 Å². The Morgan fingerprint density at radius 3 is 1.43 bits per heavy atom. The summed E-state index contributed by atoms with van der Waals surface area (Å²) in [5.41, 5.74) is 23.8. The van der Waals surface area contributed by atoms with Gasteiger partial charge in [0.05, 0.1) is 11.0 Å². The van der Waals surface area contributed by atoms with Crippen LogP contribution >= 0.6 is 0 Å². The van der Waals surface area contributed by atoms with Crippen LogP contribution in [0.3, 0.4) is 0 Å². The Balaban J connectivity index is 0.891. The molecule has 0 bridgehead atoms. The van der Waals surface area contributed by atoms with Gasteiger partial charge in [0, 0.05) is 55.1 Å². The minimum Gasteiger partial charge on any atom is -0.456 e. The van der Waals surface area contributed by atoms with E-state index in [2.05, 4.69) is 243 Å². The van der Waals surface area contributed by atoms with Gasteiger partial charge in [-0.3, -0.25) is 0 Å². The average molecular weight is 885 g/mol. The normalized spacial score (nSPS) is 14.0. The van der Waals surface area contributed by atoms with Gasteiger partial charge in [0.1, 0.15) is 11.2 Å². The fourth-order valence-corrected chi connectivity index (χ4v) is 12.0. The van der Waals surface area contributed by atoms with Crippen LogP contribution in [0.15, 0.2) is 223 Å². The van der Waals surface area contributed by atoms with E-state index < -0.39 is 0 Å². The molecule has 0 N–H and O–H groups in total. The number of nitrogens with zero attached hydrogens (tertiary/aromatic N) is 2. The van der Waals surface area contributed by atoms with Crippen LogP contribution in [-0.4, -0.2) is 4.57 Å². The Labute approximate surface area is 402 Å². The summed E-state index contributed by atoms with van der Waals surface area (Å²) in [4.78, 5) is 2.47. The third-order valence-corrected chi connectivity index (χ3v) is 15.6. The van der Waals surface area contributed by atoms with E-state index in [1.54, 1.807) is 0 Å². The van der Waals surface area contributed by atoms with Crippen molar-refractivity contribution in [3.05, 3.63) is 241 Å². The summed E-state index contributed by atoms with van der Waals surface area (Å²) in [6.45, 7) is 9.57. The van der Waals surface area contributed by atoms with Gasteiger partial charge in [0.25, 0.3) is 0 Å². The predicted molar refractivity (Wildman–Crippen MR) is 289 cm³/mol. The lowest BCUT2D eigenvalue weighted by Gasteiger charge is -2.30. The topological polar surface area (TPSA) is 21.3 Å². The number of hydrogen-bond donors (Lipinski definition) is 0. The van der Waals surface area contributed by atoms with Crippen molar-refractivity contribution in [3.8, 4) is 50.2 Å². The molecular weight excluding hydrogens is 837 g/mol. The molecule has 0 saturated carbocycles. The van der Waals surface area contributed by atoms with Gasteiger partial charge in [-0.1, -0.05) is 161 Å². The van der Waals surface area contributed by atoms with Crippen LogP contribution in [0.2, 0.25) is 0 Å². The van der Waals surface area contributed by atoms with Crippen molar-refractivity contribution in [1.82, 2.24) is 4.57 Å². The Hall–Kier alpha value is -8.40. The Morgan fingerprint density at radius 1 is 0.333 bits per heavy atom. The van der Waals surface area contributed by atoms with Crippen molar-refractivity contribution in [3.63, 3.8) is 0 Å². The van der Waals surface area contributed by atoms with E-state index in [-0.39, 0.29) is 10.8 Å². The SMILES string of the molecule is CC1(C)c2cc(-c3ccccc3)ccc2-c2ccc(N(c3ccc(-c4ccc5oc6ccccc6c5c4)cc3)c3ccc4c(c3)C(C)(C)c3cc(-n5c6ccccc6c6ccccc65)ccc3-4)cc21. The highest BCUT2D eigenvalue weighted by atomic mass is 16.3. The molecule has 0 amide bonds. The maximum absolute atomic E-state index is 6.20. The van der Waals surface area contributed by atoms with Gasteiger partial charge >= 0.3 is 0 Å². The highest BCUT2D eigenvalue weighted by Gasteiger charge is 2.38. The summed E-state index contributed by atoms with van der Waals surface area (Å²) in [7, 11) is 0. The van der Waals surface area contributed by atoms with E-state index in [1.165, 1.54) is 83.1 Å². The fraction of sp³-hybridized carbons (Fsp3) is 0.0909. The van der Waals surface area contributed by atoms with Crippen molar-refractivity contribution in [2.24, 2.45) is 0 Å². The largest absolute Gasteiger partial charge is 0.456 e. The summed E-state index contributed by atoms with van der Waals surface area (Å²) in [5.74, 6) is 0. The third kappa shape index (κ3) is 5.87. The molecular formula is C66H48N2O. The average Bonchev–Trinajstić information content (AvgIpc) is 4.07. The first-order valence-electron chi connectivity index (χ1n) is 24.2. The number of fused-ring (bicyclic) bond motifs is 12. The highest BCUT2D eigenvalue weighted by Crippen LogP contribution is 2.54. The van der Waals surface area contributed by atoms with Crippen molar-refractivity contribution in [2.45, 2.75) is 38.5 Å². The second kappa shape index (κ2) is 14.6. The zero-order valence-electron chi connectivity index (χ0n) is 39.1. The summed E-state index contributed by atoms with van der Waals surface area (Å²) in [6, 6.07) is 80.7. The van der Waals surface area contributed by atoms with E-state index in [0.29, 0.717) is 0 Å². The molecule has 10 aromatic carbocycles. The molecule has 14 rings (SSSR count). The maximum Gasteiger partial charge on any atom is 0.135 e. The van der Waals surface area contributed by atoms with Crippen LogP contribution in [0.25, 0.3) is 93.9 Å². The van der Waals surface area contributed by atoms with Crippen LogP contribution < -0.4 is 4.90 Å². The molecule has 3 heteroatoms. The zero-order valence-corrected chi connectivity index (χ0v) is 39.1. The predicted octanol–water partition coefficient (Wildman–Crippen LogP) is 18.1. The molecule has 2 aliphatic rings. The molecule has 12 aromatic rings. The van der Waals surface area contributed by atoms with Gasteiger partial charge in [-0.15, -0.1) is 0 Å².